The van der Waals surface area contributed by atoms with Gasteiger partial charge < -0.3 is 15.1 Å². The lowest BCUT2D eigenvalue weighted by Gasteiger charge is -2.25. The second-order valence-electron chi connectivity index (χ2n) is 7.39. The van der Waals surface area contributed by atoms with Crippen molar-refractivity contribution >= 4 is 17.6 Å². The third-order valence-corrected chi connectivity index (χ3v) is 5.16. The quantitative estimate of drug-likeness (QED) is 0.832. The topological polar surface area (TPSA) is 55.9 Å². The second-order valence-corrected chi connectivity index (χ2v) is 7.39. The molecule has 150 valence electrons. The molecule has 6 nitrogen and oxygen atoms in total. The lowest BCUT2D eigenvalue weighted by molar-refractivity contribution is -0.132. The molecule has 1 aliphatic heterocycles. The first-order valence-electron chi connectivity index (χ1n) is 10.1. The van der Waals surface area contributed by atoms with E-state index in [1.54, 1.807) is 0 Å². The number of likely N-dealkylation sites (N-methyl/N-ethyl adjacent to an activating group) is 1. The molecule has 1 aromatic rings. The molecule has 1 saturated heterocycles. The second kappa shape index (κ2) is 10.3. The molecule has 1 N–H and O–H groups in total. The average Bonchev–Trinajstić information content (AvgIpc) is 2.88. The summed E-state index contributed by atoms with van der Waals surface area (Å²) in [5, 5.41) is 3.02. The van der Waals surface area contributed by atoms with Crippen LogP contribution in [0.1, 0.15) is 45.6 Å². The van der Waals surface area contributed by atoms with Crippen LogP contribution < -0.4 is 5.32 Å². The fraction of sp³-hybridized carbons (Fsp3) is 0.619. The minimum Gasteiger partial charge on any atom is -0.342 e. The zero-order chi connectivity index (χ0) is 19.8. The van der Waals surface area contributed by atoms with Gasteiger partial charge in [0.1, 0.15) is 0 Å². The van der Waals surface area contributed by atoms with E-state index in [9.17, 15) is 9.59 Å². The Labute approximate surface area is 163 Å². The Bertz CT molecular complexity index is 628. The third kappa shape index (κ3) is 6.24. The Kier molecular flexibility index (Phi) is 8.10. The molecule has 0 atom stereocenters. The summed E-state index contributed by atoms with van der Waals surface area (Å²) in [5.74, 6) is 0.598. The molecule has 0 spiro atoms. The lowest BCUT2D eigenvalue weighted by atomic mass is 10.0. The van der Waals surface area contributed by atoms with Gasteiger partial charge in [-0.3, -0.25) is 9.69 Å². The zero-order valence-electron chi connectivity index (χ0n) is 17.2. The van der Waals surface area contributed by atoms with E-state index >= 15 is 0 Å². The zero-order valence-corrected chi connectivity index (χ0v) is 17.2. The summed E-state index contributed by atoms with van der Waals surface area (Å²) in [5.41, 5.74) is 2.05. The Morgan fingerprint density at radius 1 is 1.11 bits per heavy atom. The Hall–Kier alpha value is -2.08. The van der Waals surface area contributed by atoms with Crippen LogP contribution >= 0.6 is 0 Å². The van der Waals surface area contributed by atoms with E-state index in [1.807, 2.05) is 41.8 Å². The maximum absolute atomic E-state index is 12.7. The van der Waals surface area contributed by atoms with Crippen LogP contribution in [0.5, 0.6) is 0 Å². The SMILES string of the molecule is CCN(CC)C(=O)CN1CCCN(C(=O)Nc2cccc(C(C)C)c2)CC1. The van der Waals surface area contributed by atoms with Gasteiger partial charge in [0.05, 0.1) is 6.54 Å². The van der Waals surface area contributed by atoms with E-state index in [0.29, 0.717) is 25.6 Å². The van der Waals surface area contributed by atoms with Gasteiger partial charge in [-0.05, 0) is 43.9 Å². The molecule has 0 aromatic heterocycles. The summed E-state index contributed by atoms with van der Waals surface area (Å²) in [7, 11) is 0. The van der Waals surface area contributed by atoms with Crippen molar-refractivity contribution in [2.75, 3.05) is 51.1 Å². The molecule has 0 bridgehead atoms. The van der Waals surface area contributed by atoms with Crippen LogP contribution in [-0.4, -0.2) is 72.5 Å². The Morgan fingerprint density at radius 2 is 1.85 bits per heavy atom. The molecule has 6 heteroatoms. The van der Waals surface area contributed by atoms with Crippen LogP contribution in [0.3, 0.4) is 0 Å². The van der Waals surface area contributed by atoms with Crippen LogP contribution in [0.25, 0.3) is 0 Å². The normalized spacial score (nSPS) is 15.5. The molecule has 0 radical (unpaired) electrons. The van der Waals surface area contributed by atoms with Gasteiger partial charge in [-0.15, -0.1) is 0 Å². The van der Waals surface area contributed by atoms with Crippen molar-refractivity contribution in [2.24, 2.45) is 0 Å². The number of nitrogens with zero attached hydrogens (tertiary/aromatic N) is 3. The van der Waals surface area contributed by atoms with E-state index in [0.717, 1.165) is 38.3 Å². The van der Waals surface area contributed by atoms with Gasteiger partial charge in [0.25, 0.3) is 0 Å². The van der Waals surface area contributed by atoms with Crippen molar-refractivity contribution in [2.45, 2.75) is 40.0 Å². The monoisotopic (exact) mass is 374 g/mol. The number of hydrogen-bond acceptors (Lipinski definition) is 3. The molecular weight excluding hydrogens is 340 g/mol. The van der Waals surface area contributed by atoms with Crippen LogP contribution in [0.2, 0.25) is 0 Å². The predicted octanol–water partition coefficient (Wildman–Crippen LogP) is 3.22. The molecule has 0 aliphatic carbocycles. The van der Waals surface area contributed by atoms with Crippen LogP contribution in [0.4, 0.5) is 10.5 Å². The third-order valence-electron chi connectivity index (χ3n) is 5.16. The van der Waals surface area contributed by atoms with Crippen LogP contribution in [0, 0.1) is 0 Å². The highest BCUT2D eigenvalue weighted by atomic mass is 16.2. The number of rotatable bonds is 6. The number of hydrogen-bond donors (Lipinski definition) is 1. The molecule has 27 heavy (non-hydrogen) atoms. The molecule has 1 aromatic carbocycles. The van der Waals surface area contributed by atoms with Crippen molar-refractivity contribution in [3.8, 4) is 0 Å². The van der Waals surface area contributed by atoms with E-state index in [2.05, 4.69) is 30.1 Å². The number of nitrogens with one attached hydrogen (secondary N) is 1. The van der Waals surface area contributed by atoms with Crippen molar-refractivity contribution < 1.29 is 9.59 Å². The fourth-order valence-corrected chi connectivity index (χ4v) is 3.38. The molecule has 3 amide bonds. The van der Waals surface area contributed by atoms with E-state index in [1.165, 1.54) is 5.56 Å². The van der Waals surface area contributed by atoms with Gasteiger partial charge >= 0.3 is 6.03 Å². The molecule has 1 aliphatic rings. The largest absolute Gasteiger partial charge is 0.342 e. The summed E-state index contributed by atoms with van der Waals surface area (Å²) >= 11 is 0. The van der Waals surface area contributed by atoms with Crippen LogP contribution in [-0.2, 0) is 4.79 Å². The summed E-state index contributed by atoms with van der Waals surface area (Å²) in [6, 6.07) is 7.96. The minimum absolute atomic E-state index is 0.0622. The van der Waals surface area contributed by atoms with Crippen molar-refractivity contribution in [1.29, 1.82) is 0 Å². The van der Waals surface area contributed by atoms with Crippen molar-refractivity contribution in [1.82, 2.24) is 14.7 Å². The van der Waals surface area contributed by atoms with Gasteiger partial charge in [0.15, 0.2) is 0 Å². The van der Waals surface area contributed by atoms with Gasteiger partial charge in [-0.25, -0.2) is 4.79 Å². The maximum atomic E-state index is 12.7. The molecule has 1 fully saturated rings. The maximum Gasteiger partial charge on any atom is 0.321 e. The fourth-order valence-electron chi connectivity index (χ4n) is 3.38. The van der Waals surface area contributed by atoms with Gasteiger partial charge in [0, 0.05) is 45.0 Å². The molecule has 0 unspecified atom stereocenters. The predicted molar refractivity (Wildman–Crippen MR) is 110 cm³/mol. The number of benzene rings is 1. The number of carbonyl (C=O) groups excluding carboxylic acids is 2. The summed E-state index contributed by atoms with van der Waals surface area (Å²) in [6.07, 6.45) is 0.880. The average molecular weight is 375 g/mol. The smallest absolute Gasteiger partial charge is 0.321 e. The Balaban J connectivity index is 1.89. The minimum atomic E-state index is -0.0622. The summed E-state index contributed by atoms with van der Waals surface area (Å²) < 4.78 is 0. The number of carbonyl (C=O) groups is 2. The van der Waals surface area contributed by atoms with Crippen LogP contribution in [0.15, 0.2) is 24.3 Å². The summed E-state index contributed by atoms with van der Waals surface area (Å²) in [4.78, 5) is 30.8. The first-order chi connectivity index (χ1) is 12.9. The van der Waals surface area contributed by atoms with Crippen molar-refractivity contribution in [3.05, 3.63) is 29.8 Å². The number of amides is 3. The molecule has 2 rings (SSSR count). The van der Waals surface area contributed by atoms with Gasteiger partial charge in [-0.1, -0.05) is 26.0 Å². The highest BCUT2D eigenvalue weighted by molar-refractivity contribution is 5.89. The Morgan fingerprint density at radius 3 is 2.52 bits per heavy atom. The number of urea groups is 1. The van der Waals surface area contributed by atoms with E-state index < -0.39 is 0 Å². The van der Waals surface area contributed by atoms with Gasteiger partial charge in [0.2, 0.25) is 5.91 Å². The first kappa shape index (κ1) is 21.2. The summed E-state index contributed by atoms with van der Waals surface area (Å²) in [6.45, 7) is 13.1. The van der Waals surface area contributed by atoms with E-state index in [-0.39, 0.29) is 11.9 Å². The van der Waals surface area contributed by atoms with Crippen molar-refractivity contribution in [3.63, 3.8) is 0 Å². The molecule has 0 saturated carbocycles. The highest BCUT2D eigenvalue weighted by Crippen LogP contribution is 2.19. The highest BCUT2D eigenvalue weighted by Gasteiger charge is 2.22. The lowest BCUT2D eigenvalue weighted by Crippen LogP contribution is -2.42. The standard InChI is InChI=1S/C21H34N4O2/c1-5-24(6-2)20(26)16-23-11-8-12-25(14-13-23)21(27)22-19-10-7-9-18(15-19)17(3)4/h7,9-10,15,17H,5-6,8,11-14,16H2,1-4H3,(H,22,27). The molecule has 1 heterocycles. The number of anilines is 1. The van der Waals surface area contributed by atoms with E-state index in [4.69, 9.17) is 0 Å². The molecular formula is C21H34N4O2. The first-order valence-corrected chi connectivity index (χ1v) is 10.1. The van der Waals surface area contributed by atoms with Gasteiger partial charge in [-0.2, -0.15) is 0 Å².